The highest BCUT2D eigenvalue weighted by molar-refractivity contribution is 5.90. The van der Waals surface area contributed by atoms with E-state index in [-0.39, 0.29) is 6.61 Å². The third-order valence-electron chi connectivity index (χ3n) is 1.86. The molecule has 0 aliphatic rings. The highest BCUT2D eigenvalue weighted by Crippen LogP contribution is 2.11. The Hall–Kier alpha value is -1.97. The van der Waals surface area contributed by atoms with E-state index in [1.54, 1.807) is 6.92 Å². The van der Waals surface area contributed by atoms with Crippen LogP contribution >= 0.6 is 0 Å². The molecular formula is C12H11FO3. The maximum Gasteiger partial charge on any atom is 0.330 e. The smallest absolute Gasteiger partial charge is 0.330 e. The number of benzene rings is 1. The summed E-state index contributed by atoms with van der Waals surface area (Å²) in [5, 5.41) is 0. The van der Waals surface area contributed by atoms with Gasteiger partial charge in [0.1, 0.15) is 5.82 Å². The van der Waals surface area contributed by atoms with Gasteiger partial charge in [-0.1, -0.05) is 0 Å². The molecule has 1 aromatic carbocycles. The summed E-state index contributed by atoms with van der Waals surface area (Å²) < 4.78 is 17.5. The van der Waals surface area contributed by atoms with Crippen molar-refractivity contribution < 1.29 is 18.7 Å². The highest BCUT2D eigenvalue weighted by Gasteiger charge is 2.01. The van der Waals surface area contributed by atoms with Crippen LogP contribution in [-0.4, -0.2) is 18.9 Å². The van der Waals surface area contributed by atoms with Crippen molar-refractivity contribution in [1.29, 1.82) is 0 Å². The topological polar surface area (TPSA) is 43.4 Å². The number of hydrogen-bond acceptors (Lipinski definition) is 3. The van der Waals surface area contributed by atoms with Crippen LogP contribution in [-0.2, 0) is 9.53 Å². The number of halogens is 1. The Morgan fingerprint density at radius 2 is 2.19 bits per heavy atom. The van der Waals surface area contributed by atoms with Crippen LogP contribution in [0.2, 0.25) is 0 Å². The van der Waals surface area contributed by atoms with Gasteiger partial charge in [-0.05, 0) is 36.8 Å². The average molecular weight is 222 g/mol. The normalized spacial score (nSPS) is 10.4. The lowest BCUT2D eigenvalue weighted by Crippen LogP contribution is -1.99. The quantitative estimate of drug-likeness (QED) is 0.445. The van der Waals surface area contributed by atoms with Gasteiger partial charge < -0.3 is 4.74 Å². The van der Waals surface area contributed by atoms with Crippen LogP contribution in [0.4, 0.5) is 4.39 Å². The molecule has 0 heterocycles. The van der Waals surface area contributed by atoms with Crippen molar-refractivity contribution in [2.75, 3.05) is 6.61 Å². The summed E-state index contributed by atoms with van der Waals surface area (Å²) in [5.74, 6) is -0.988. The molecule has 0 bridgehead atoms. The Labute approximate surface area is 92.5 Å². The molecule has 0 aliphatic heterocycles. The van der Waals surface area contributed by atoms with Gasteiger partial charge in [0.2, 0.25) is 0 Å². The molecule has 0 radical (unpaired) electrons. The molecule has 0 spiro atoms. The summed E-state index contributed by atoms with van der Waals surface area (Å²) in [4.78, 5) is 21.6. The molecule has 1 aromatic rings. The number of carbonyl (C=O) groups excluding carboxylic acids is 2. The van der Waals surface area contributed by atoms with E-state index in [2.05, 4.69) is 4.74 Å². The summed E-state index contributed by atoms with van der Waals surface area (Å²) in [6.45, 7) is 1.96. The molecule has 0 aromatic heterocycles. The first-order chi connectivity index (χ1) is 7.67. The number of ether oxygens (including phenoxy) is 1. The monoisotopic (exact) mass is 222 g/mol. The number of aldehydes is 1. The molecule has 0 aliphatic carbocycles. The van der Waals surface area contributed by atoms with E-state index >= 15 is 0 Å². The molecule has 0 atom stereocenters. The molecule has 0 fully saturated rings. The van der Waals surface area contributed by atoms with Crippen LogP contribution in [0.3, 0.4) is 0 Å². The van der Waals surface area contributed by atoms with E-state index in [1.807, 2.05) is 0 Å². The molecule has 0 N–H and O–H groups in total. The molecule has 3 nitrogen and oxygen atoms in total. The summed E-state index contributed by atoms with van der Waals surface area (Å²) in [6, 6.07) is 3.72. The van der Waals surface area contributed by atoms with Crippen LogP contribution in [0.15, 0.2) is 24.3 Å². The fraction of sp³-hybridized carbons (Fsp3) is 0.167. The molecule has 0 unspecified atom stereocenters. The first-order valence-electron chi connectivity index (χ1n) is 4.77. The predicted molar refractivity (Wildman–Crippen MR) is 57.5 cm³/mol. The Balaban J connectivity index is 2.91. The third kappa shape index (κ3) is 3.31. The minimum absolute atomic E-state index is 0.271. The lowest BCUT2D eigenvalue weighted by Gasteiger charge is -1.99. The lowest BCUT2D eigenvalue weighted by molar-refractivity contribution is -0.137. The van der Waals surface area contributed by atoms with E-state index in [9.17, 15) is 14.0 Å². The molecule has 1 rings (SSSR count). The first-order valence-corrected chi connectivity index (χ1v) is 4.77. The molecule has 4 heteroatoms. The van der Waals surface area contributed by atoms with E-state index in [1.165, 1.54) is 24.3 Å². The molecule has 84 valence electrons. The number of hydrogen-bond donors (Lipinski definition) is 0. The van der Waals surface area contributed by atoms with E-state index in [0.717, 1.165) is 6.08 Å². The zero-order valence-corrected chi connectivity index (χ0v) is 8.77. The van der Waals surface area contributed by atoms with E-state index < -0.39 is 11.8 Å². The Bertz CT molecular complexity index is 424. The van der Waals surface area contributed by atoms with Gasteiger partial charge in [0.05, 0.1) is 6.61 Å². The Morgan fingerprint density at radius 1 is 1.44 bits per heavy atom. The predicted octanol–water partition coefficient (Wildman–Crippen LogP) is 2.21. The molecule has 16 heavy (non-hydrogen) atoms. The Morgan fingerprint density at radius 3 is 2.81 bits per heavy atom. The number of carbonyl (C=O) groups is 2. The Kier molecular flexibility index (Phi) is 4.39. The molecule has 0 saturated carbocycles. The fourth-order valence-electron chi connectivity index (χ4n) is 1.15. The number of esters is 1. The highest BCUT2D eigenvalue weighted by atomic mass is 19.1. The van der Waals surface area contributed by atoms with Crippen LogP contribution in [0, 0.1) is 5.82 Å². The minimum Gasteiger partial charge on any atom is -0.463 e. The van der Waals surface area contributed by atoms with Crippen molar-refractivity contribution in [3.63, 3.8) is 0 Å². The van der Waals surface area contributed by atoms with Crippen LogP contribution < -0.4 is 0 Å². The lowest BCUT2D eigenvalue weighted by atomic mass is 10.1. The second-order valence-electron chi connectivity index (χ2n) is 2.98. The zero-order chi connectivity index (χ0) is 12.0. The SMILES string of the molecule is CCOC(=O)C=Cc1cc(F)ccc1C=O. The molecule has 0 saturated heterocycles. The van der Waals surface area contributed by atoms with Crippen LogP contribution in [0.5, 0.6) is 0 Å². The van der Waals surface area contributed by atoms with Crippen molar-refractivity contribution >= 4 is 18.3 Å². The van der Waals surface area contributed by atoms with Crippen molar-refractivity contribution in [1.82, 2.24) is 0 Å². The molecule has 0 amide bonds. The largest absolute Gasteiger partial charge is 0.463 e. The standard InChI is InChI=1S/C12H11FO3/c1-2-16-12(15)6-4-9-7-11(13)5-3-10(9)8-14/h3-8H,2H2,1H3. The fourth-order valence-corrected chi connectivity index (χ4v) is 1.15. The maximum absolute atomic E-state index is 12.9. The van der Waals surface area contributed by atoms with Gasteiger partial charge in [-0.25, -0.2) is 9.18 Å². The summed E-state index contributed by atoms with van der Waals surface area (Å²) in [7, 11) is 0. The third-order valence-corrected chi connectivity index (χ3v) is 1.86. The van der Waals surface area contributed by atoms with Gasteiger partial charge in [0, 0.05) is 11.6 Å². The van der Waals surface area contributed by atoms with Crippen molar-refractivity contribution in [3.8, 4) is 0 Å². The van der Waals surface area contributed by atoms with Crippen molar-refractivity contribution in [2.45, 2.75) is 6.92 Å². The van der Waals surface area contributed by atoms with Crippen LogP contribution in [0.25, 0.3) is 6.08 Å². The van der Waals surface area contributed by atoms with Gasteiger partial charge >= 0.3 is 5.97 Å². The summed E-state index contributed by atoms with van der Waals surface area (Å²) >= 11 is 0. The second kappa shape index (κ2) is 5.80. The zero-order valence-electron chi connectivity index (χ0n) is 8.77. The maximum atomic E-state index is 12.9. The van der Waals surface area contributed by atoms with Gasteiger partial charge in [0.15, 0.2) is 6.29 Å². The van der Waals surface area contributed by atoms with Crippen LogP contribution in [0.1, 0.15) is 22.8 Å². The average Bonchev–Trinajstić information content (AvgIpc) is 2.27. The van der Waals surface area contributed by atoms with Gasteiger partial charge in [-0.15, -0.1) is 0 Å². The second-order valence-corrected chi connectivity index (χ2v) is 2.98. The van der Waals surface area contributed by atoms with Gasteiger partial charge in [0.25, 0.3) is 0 Å². The first kappa shape index (κ1) is 12.1. The van der Waals surface area contributed by atoms with Crippen molar-refractivity contribution in [3.05, 3.63) is 41.2 Å². The van der Waals surface area contributed by atoms with Crippen molar-refractivity contribution in [2.24, 2.45) is 0 Å². The number of rotatable bonds is 4. The van der Waals surface area contributed by atoms with Gasteiger partial charge in [-0.2, -0.15) is 0 Å². The minimum atomic E-state index is -0.524. The van der Waals surface area contributed by atoms with E-state index in [0.29, 0.717) is 17.4 Å². The molecular weight excluding hydrogens is 211 g/mol. The summed E-state index contributed by atoms with van der Waals surface area (Å²) in [6.07, 6.45) is 3.11. The van der Waals surface area contributed by atoms with Gasteiger partial charge in [-0.3, -0.25) is 4.79 Å². The summed E-state index contributed by atoms with van der Waals surface area (Å²) in [5.41, 5.74) is 0.671. The van der Waals surface area contributed by atoms with E-state index in [4.69, 9.17) is 0 Å².